The summed E-state index contributed by atoms with van der Waals surface area (Å²) in [7, 11) is 0. The van der Waals surface area contributed by atoms with E-state index < -0.39 is 5.91 Å². The molecule has 9 heteroatoms. The van der Waals surface area contributed by atoms with Crippen LogP contribution in [0.4, 0.5) is 17.3 Å². The van der Waals surface area contributed by atoms with Crippen LogP contribution in [0, 0.1) is 0 Å². The molecule has 3 rings (SSSR count). The number of primary amides is 1. The van der Waals surface area contributed by atoms with Crippen LogP contribution in [0.15, 0.2) is 61.2 Å². The number of nitrogens with one attached hydrogen (secondary N) is 1. The topological polar surface area (TPSA) is 117 Å². The molecule has 0 unspecified atom stereocenters. The maximum absolute atomic E-state index is 12.8. The standard InChI is InChI=1S/C24H29N7O2/c1-3-30(4-2)13-6-14-31(22-16-18(23(25)32)9-12-27-22)20-8-5-7-19(15-20)24(33)29-21-10-11-26-17-28-21/h5,7-12,15-17H,3-4,6,13-14H2,1-2H3,(H2,25,32)(H,26,28,29,33). The highest BCUT2D eigenvalue weighted by atomic mass is 16.2. The second-order valence-electron chi connectivity index (χ2n) is 7.40. The van der Waals surface area contributed by atoms with Crippen molar-refractivity contribution < 1.29 is 9.59 Å². The van der Waals surface area contributed by atoms with E-state index in [1.54, 1.807) is 42.7 Å². The summed E-state index contributed by atoms with van der Waals surface area (Å²) in [6.45, 7) is 7.81. The minimum atomic E-state index is -0.514. The molecule has 2 heterocycles. The second-order valence-corrected chi connectivity index (χ2v) is 7.40. The highest BCUT2D eigenvalue weighted by molar-refractivity contribution is 6.04. The Kier molecular flexibility index (Phi) is 8.43. The van der Waals surface area contributed by atoms with Crippen molar-refractivity contribution in [1.82, 2.24) is 19.9 Å². The summed E-state index contributed by atoms with van der Waals surface area (Å²) in [4.78, 5) is 41.2. The van der Waals surface area contributed by atoms with Gasteiger partial charge in [-0.05, 0) is 62.5 Å². The summed E-state index contributed by atoms with van der Waals surface area (Å²) in [5, 5.41) is 2.77. The van der Waals surface area contributed by atoms with Crippen molar-refractivity contribution in [2.24, 2.45) is 5.73 Å². The molecule has 0 fully saturated rings. The summed E-state index contributed by atoms with van der Waals surface area (Å²) in [6.07, 6.45) is 5.38. The summed E-state index contributed by atoms with van der Waals surface area (Å²) >= 11 is 0. The van der Waals surface area contributed by atoms with Crippen molar-refractivity contribution in [2.75, 3.05) is 36.4 Å². The van der Waals surface area contributed by atoms with Crippen LogP contribution in [0.2, 0.25) is 0 Å². The Balaban J connectivity index is 1.87. The maximum atomic E-state index is 12.8. The lowest BCUT2D eigenvalue weighted by atomic mass is 10.1. The Hall–Kier alpha value is -3.85. The third kappa shape index (κ3) is 6.56. The first-order valence-corrected chi connectivity index (χ1v) is 10.9. The average Bonchev–Trinajstić information content (AvgIpc) is 2.85. The van der Waals surface area contributed by atoms with Crippen LogP contribution in [-0.4, -0.2) is 57.8 Å². The van der Waals surface area contributed by atoms with Crippen molar-refractivity contribution in [3.8, 4) is 0 Å². The monoisotopic (exact) mass is 447 g/mol. The predicted molar refractivity (Wildman–Crippen MR) is 129 cm³/mol. The van der Waals surface area contributed by atoms with Crippen molar-refractivity contribution in [1.29, 1.82) is 0 Å². The molecule has 33 heavy (non-hydrogen) atoms. The van der Waals surface area contributed by atoms with E-state index in [0.717, 1.165) is 31.7 Å². The molecule has 3 aromatic rings. The van der Waals surface area contributed by atoms with E-state index in [-0.39, 0.29) is 5.91 Å². The van der Waals surface area contributed by atoms with E-state index >= 15 is 0 Å². The van der Waals surface area contributed by atoms with Gasteiger partial charge in [0, 0.05) is 35.8 Å². The van der Waals surface area contributed by atoms with Crippen LogP contribution in [0.3, 0.4) is 0 Å². The smallest absolute Gasteiger partial charge is 0.256 e. The molecule has 2 amide bonds. The number of hydrogen-bond donors (Lipinski definition) is 2. The number of carbonyl (C=O) groups excluding carboxylic acids is 2. The molecule has 1 aromatic carbocycles. The summed E-state index contributed by atoms with van der Waals surface area (Å²) in [6, 6.07) is 12.2. The zero-order valence-electron chi connectivity index (χ0n) is 18.9. The SMILES string of the molecule is CCN(CC)CCCN(c1cccc(C(=O)Nc2ccncn2)c1)c1cc(C(N)=O)ccn1. The van der Waals surface area contributed by atoms with Gasteiger partial charge in [-0.25, -0.2) is 15.0 Å². The number of nitrogens with zero attached hydrogens (tertiary/aromatic N) is 5. The van der Waals surface area contributed by atoms with E-state index in [1.807, 2.05) is 17.0 Å². The Labute approximate surface area is 193 Å². The third-order valence-corrected chi connectivity index (χ3v) is 5.30. The summed E-state index contributed by atoms with van der Waals surface area (Å²) in [5.41, 5.74) is 7.13. The molecule has 0 atom stereocenters. The molecule has 172 valence electrons. The molecule has 0 spiro atoms. The largest absolute Gasteiger partial charge is 0.366 e. The normalized spacial score (nSPS) is 10.8. The van der Waals surface area contributed by atoms with Gasteiger partial charge in [0.2, 0.25) is 5.91 Å². The number of rotatable bonds is 11. The highest BCUT2D eigenvalue weighted by Gasteiger charge is 2.16. The second kappa shape index (κ2) is 11.7. The van der Waals surface area contributed by atoms with Gasteiger partial charge in [0.1, 0.15) is 18.0 Å². The van der Waals surface area contributed by atoms with Crippen LogP contribution in [0.25, 0.3) is 0 Å². The molecule has 0 saturated heterocycles. The lowest BCUT2D eigenvalue weighted by Gasteiger charge is -2.26. The highest BCUT2D eigenvalue weighted by Crippen LogP contribution is 2.26. The molecule has 3 N–H and O–H groups in total. The quantitative estimate of drug-likeness (QED) is 0.464. The Morgan fingerprint density at radius 1 is 0.970 bits per heavy atom. The first-order chi connectivity index (χ1) is 16.0. The first-order valence-electron chi connectivity index (χ1n) is 10.9. The minimum Gasteiger partial charge on any atom is -0.366 e. The first kappa shape index (κ1) is 23.8. The van der Waals surface area contributed by atoms with Crippen LogP contribution >= 0.6 is 0 Å². The van der Waals surface area contributed by atoms with Gasteiger partial charge in [-0.1, -0.05) is 19.9 Å². The number of amides is 2. The molecule has 0 saturated carbocycles. The number of carbonyl (C=O) groups is 2. The van der Waals surface area contributed by atoms with Gasteiger partial charge in [-0.15, -0.1) is 0 Å². The Morgan fingerprint density at radius 3 is 2.48 bits per heavy atom. The zero-order valence-corrected chi connectivity index (χ0v) is 18.9. The van der Waals surface area contributed by atoms with Crippen molar-refractivity contribution in [2.45, 2.75) is 20.3 Å². The van der Waals surface area contributed by atoms with Crippen molar-refractivity contribution >= 4 is 29.1 Å². The molecule has 0 aliphatic heterocycles. The van der Waals surface area contributed by atoms with Gasteiger partial charge in [0.15, 0.2) is 0 Å². The molecule has 0 radical (unpaired) electrons. The fraction of sp³-hybridized carbons (Fsp3) is 0.292. The summed E-state index contributed by atoms with van der Waals surface area (Å²) < 4.78 is 0. The van der Waals surface area contributed by atoms with Gasteiger partial charge in [0.05, 0.1) is 0 Å². The number of anilines is 3. The molecular formula is C24H29N7O2. The third-order valence-electron chi connectivity index (χ3n) is 5.30. The van der Waals surface area contributed by atoms with E-state index in [9.17, 15) is 9.59 Å². The van der Waals surface area contributed by atoms with Gasteiger partial charge >= 0.3 is 0 Å². The molecule has 0 aliphatic carbocycles. The van der Waals surface area contributed by atoms with E-state index in [0.29, 0.717) is 29.3 Å². The lowest BCUT2D eigenvalue weighted by molar-refractivity contribution is 0.0997. The van der Waals surface area contributed by atoms with Crippen LogP contribution in [0.5, 0.6) is 0 Å². The minimum absolute atomic E-state index is 0.280. The Bertz CT molecular complexity index is 1070. The van der Waals surface area contributed by atoms with Gasteiger partial charge in [0.25, 0.3) is 5.91 Å². The van der Waals surface area contributed by atoms with Crippen LogP contribution < -0.4 is 16.0 Å². The van der Waals surface area contributed by atoms with E-state index in [1.165, 1.54) is 6.33 Å². The Morgan fingerprint density at radius 2 is 1.79 bits per heavy atom. The van der Waals surface area contributed by atoms with Gasteiger partial charge in [-0.3, -0.25) is 9.59 Å². The summed E-state index contributed by atoms with van der Waals surface area (Å²) in [5.74, 6) is 0.226. The van der Waals surface area contributed by atoms with Crippen molar-refractivity contribution in [3.05, 3.63) is 72.3 Å². The fourth-order valence-corrected chi connectivity index (χ4v) is 3.46. The predicted octanol–water partition coefficient (Wildman–Crippen LogP) is 3.09. The molecule has 9 nitrogen and oxygen atoms in total. The number of nitrogens with two attached hydrogens (primary N) is 1. The number of hydrogen-bond acceptors (Lipinski definition) is 7. The maximum Gasteiger partial charge on any atom is 0.256 e. The number of benzene rings is 1. The average molecular weight is 448 g/mol. The fourth-order valence-electron chi connectivity index (χ4n) is 3.46. The van der Waals surface area contributed by atoms with E-state index in [2.05, 4.69) is 39.0 Å². The van der Waals surface area contributed by atoms with Gasteiger partial charge < -0.3 is 20.9 Å². The van der Waals surface area contributed by atoms with Crippen LogP contribution in [0.1, 0.15) is 41.0 Å². The molecule has 2 aromatic heterocycles. The van der Waals surface area contributed by atoms with Gasteiger partial charge in [-0.2, -0.15) is 0 Å². The van der Waals surface area contributed by atoms with Crippen LogP contribution in [-0.2, 0) is 0 Å². The number of aromatic nitrogens is 3. The van der Waals surface area contributed by atoms with E-state index in [4.69, 9.17) is 5.73 Å². The van der Waals surface area contributed by atoms with Crippen molar-refractivity contribution in [3.63, 3.8) is 0 Å². The molecule has 0 aliphatic rings. The zero-order chi connectivity index (χ0) is 23.6. The molecule has 0 bridgehead atoms. The number of pyridine rings is 1. The molecular weight excluding hydrogens is 418 g/mol. The lowest BCUT2D eigenvalue weighted by Crippen LogP contribution is -2.28.